The topological polar surface area (TPSA) is 64.1 Å². The molecule has 162 valence electrons. The van der Waals surface area contributed by atoms with Gasteiger partial charge in [-0.15, -0.1) is 0 Å². The molecule has 0 saturated carbocycles. The van der Waals surface area contributed by atoms with Crippen molar-refractivity contribution in [3.05, 3.63) is 70.7 Å². The molecule has 7 heteroatoms. The first-order chi connectivity index (χ1) is 14.9. The molecule has 31 heavy (non-hydrogen) atoms. The van der Waals surface area contributed by atoms with Crippen LogP contribution in [0.25, 0.3) is 5.57 Å². The number of β-amino-alcohol motifs (C(OH)–C–C–N with tert-alkyl or cyclic N) is 1. The Balaban J connectivity index is 1.74. The van der Waals surface area contributed by atoms with Crippen LogP contribution >= 0.6 is 0 Å². The van der Waals surface area contributed by atoms with E-state index in [0.29, 0.717) is 55.2 Å². The molecule has 0 bridgehead atoms. The summed E-state index contributed by atoms with van der Waals surface area (Å²) >= 11 is 0. The Morgan fingerprint density at radius 2 is 1.58 bits per heavy atom. The Morgan fingerprint density at radius 3 is 2.19 bits per heavy atom. The summed E-state index contributed by atoms with van der Waals surface area (Å²) < 4.78 is 13.5. The van der Waals surface area contributed by atoms with E-state index < -0.39 is 11.7 Å². The van der Waals surface area contributed by atoms with Crippen LogP contribution in [0.3, 0.4) is 0 Å². The highest BCUT2D eigenvalue weighted by Crippen LogP contribution is 2.35. The molecular weight excluding hydrogens is 397 g/mol. The zero-order chi connectivity index (χ0) is 22.1. The zero-order valence-corrected chi connectivity index (χ0v) is 17.8. The molecule has 2 aliphatic heterocycles. The number of rotatable bonds is 5. The van der Waals surface area contributed by atoms with Gasteiger partial charge in [-0.1, -0.05) is 18.2 Å². The first-order valence-corrected chi connectivity index (χ1v) is 10.4. The van der Waals surface area contributed by atoms with E-state index in [4.69, 9.17) is 0 Å². The fraction of sp³-hybridized carbons (Fsp3) is 0.333. The molecule has 1 fully saturated rings. The third kappa shape index (κ3) is 3.98. The van der Waals surface area contributed by atoms with Gasteiger partial charge in [0, 0.05) is 32.7 Å². The summed E-state index contributed by atoms with van der Waals surface area (Å²) in [6.07, 6.45) is 0. The van der Waals surface area contributed by atoms with Crippen molar-refractivity contribution in [2.75, 3.05) is 44.2 Å². The van der Waals surface area contributed by atoms with E-state index in [1.807, 2.05) is 30.9 Å². The van der Waals surface area contributed by atoms with E-state index in [2.05, 4.69) is 4.90 Å². The molecule has 0 aliphatic carbocycles. The lowest BCUT2D eigenvalue weighted by Gasteiger charge is -2.36. The standard InChI is InChI=1S/C24H26FN3O3/c1-16-3-8-20(15-17(16)2)28-23(30)21(18-4-6-19(25)7-5-18)22(24(28)31)27-11-9-26(10-12-27)13-14-29/h3-8,15,29H,9-14H2,1-2H3. The van der Waals surface area contributed by atoms with Crippen LogP contribution in [-0.2, 0) is 9.59 Å². The van der Waals surface area contributed by atoms with Gasteiger partial charge >= 0.3 is 0 Å². The molecule has 0 radical (unpaired) electrons. The van der Waals surface area contributed by atoms with Gasteiger partial charge in [0.1, 0.15) is 11.5 Å². The van der Waals surface area contributed by atoms with Gasteiger partial charge in [-0.2, -0.15) is 0 Å². The second kappa shape index (κ2) is 8.61. The number of carbonyl (C=O) groups excluding carboxylic acids is 2. The monoisotopic (exact) mass is 423 g/mol. The number of carbonyl (C=O) groups is 2. The highest BCUT2D eigenvalue weighted by Gasteiger charge is 2.43. The predicted molar refractivity (Wildman–Crippen MR) is 117 cm³/mol. The molecule has 4 rings (SSSR count). The summed E-state index contributed by atoms with van der Waals surface area (Å²) in [7, 11) is 0. The van der Waals surface area contributed by atoms with Crippen LogP contribution in [-0.4, -0.2) is 66.1 Å². The molecule has 0 atom stereocenters. The number of halogens is 1. The van der Waals surface area contributed by atoms with Crippen molar-refractivity contribution in [1.29, 1.82) is 0 Å². The minimum Gasteiger partial charge on any atom is -0.395 e. The maximum Gasteiger partial charge on any atom is 0.282 e. The Hall–Kier alpha value is -3.03. The fourth-order valence-electron chi connectivity index (χ4n) is 4.12. The average Bonchev–Trinajstić information content (AvgIpc) is 3.02. The van der Waals surface area contributed by atoms with Crippen LogP contribution in [0.2, 0.25) is 0 Å². The predicted octanol–water partition coefficient (Wildman–Crippen LogP) is 2.34. The molecule has 1 N–H and O–H groups in total. The van der Waals surface area contributed by atoms with Crippen LogP contribution in [0.4, 0.5) is 10.1 Å². The van der Waals surface area contributed by atoms with E-state index >= 15 is 0 Å². The number of nitrogens with zero attached hydrogens (tertiary/aromatic N) is 3. The first-order valence-electron chi connectivity index (χ1n) is 10.4. The first kappa shape index (κ1) is 21.2. The van der Waals surface area contributed by atoms with Gasteiger partial charge in [-0.3, -0.25) is 14.5 Å². The molecule has 0 spiro atoms. The number of amides is 2. The van der Waals surface area contributed by atoms with Gasteiger partial charge in [0.05, 0.1) is 17.9 Å². The Kier molecular flexibility index (Phi) is 5.89. The Labute approximate surface area is 181 Å². The molecule has 1 saturated heterocycles. The number of piperazine rings is 1. The van der Waals surface area contributed by atoms with E-state index in [9.17, 15) is 19.1 Å². The highest BCUT2D eigenvalue weighted by molar-refractivity contribution is 6.45. The van der Waals surface area contributed by atoms with E-state index in [1.165, 1.54) is 17.0 Å². The van der Waals surface area contributed by atoms with Crippen molar-refractivity contribution in [3.63, 3.8) is 0 Å². The normalized spacial score (nSPS) is 17.8. The van der Waals surface area contributed by atoms with Crippen LogP contribution in [0, 0.1) is 19.7 Å². The zero-order valence-electron chi connectivity index (χ0n) is 17.8. The molecule has 2 aromatic carbocycles. The van der Waals surface area contributed by atoms with E-state index in [1.54, 1.807) is 18.2 Å². The quantitative estimate of drug-likeness (QED) is 0.748. The lowest BCUT2D eigenvalue weighted by atomic mass is 10.0. The van der Waals surface area contributed by atoms with E-state index in [-0.39, 0.29) is 12.5 Å². The molecule has 2 aromatic rings. The Bertz CT molecular complexity index is 1040. The van der Waals surface area contributed by atoms with Crippen LogP contribution in [0.5, 0.6) is 0 Å². The number of imide groups is 1. The number of aryl methyl sites for hydroxylation is 2. The van der Waals surface area contributed by atoms with Gasteiger partial charge in [0.2, 0.25) is 0 Å². The molecular formula is C24H26FN3O3. The summed E-state index contributed by atoms with van der Waals surface area (Å²) in [6, 6.07) is 11.2. The van der Waals surface area contributed by atoms with Gasteiger partial charge < -0.3 is 10.0 Å². The fourth-order valence-corrected chi connectivity index (χ4v) is 4.12. The van der Waals surface area contributed by atoms with Crippen molar-refractivity contribution >= 4 is 23.1 Å². The van der Waals surface area contributed by atoms with Gasteiger partial charge in [0.15, 0.2) is 0 Å². The molecule has 0 unspecified atom stereocenters. The number of hydrogen-bond acceptors (Lipinski definition) is 5. The van der Waals surface area contributed by atoms with Gasteiger partial charge in [-0.05, 0) is 54.8 Å². The van der Waals surface area contributed by atoms with Crippen LogP contribution in [0.15, 0.2) is 48.2 Å². The second-order valence-electron chi connectivity index (χ2n) is 8.00. The SMILES string of the molecule is Cc1ccc(N2C(=O)C(c3ccc(F)cc3)=C(N3CCN(CCO)CC3)C2=O)cc1C. The van der Waals surface area contributed by atoms with Gasteiger partial charge in [-0.25, -0.2) is 9.29 Å². The van der Waals surface area contributed by atoms with Crippen LogP contribution in [0.1, 0.15) is 16.7 Å². The lowest BCUT2D eigenvalue weighted by molar-refractivity contribution is -0.120. The summed E-state index contributed by atoms with van der Waals surface area (Å²) in [5, 5.41) is 9.19. The summed E-state index contributed by atoms with van der Waals surface area (Å²) in [5.41, 5.74) is 3.80. The molecule has 0 aromatic heterocycles. The number of benzene rings is 2. The largest absolute Gasteiger partial charge is 0.395 e. The number of hydrogen-bond donors (Lipinski definition) is 1. The second-order valence-corrected chi connectivity index (χ2v) is 8.00. The Morgan fingerprint density at radius 1 is 0.903 bits per heavy atom. The third-order valence-electron chi connectivity index (χ3n) is 6.05. The molecule has 6 nitrogen and oxygen atoms in total. The number of anilines is 1. The maximum atomic E-state index is 13.5. The summed E-state index contributed by atoms with van der Waals surface area (Å²) in [6.45, 7) is 7.10. The van der Waals surface area contributed by atoms with Crippen molar-refractivity contribution in [1.82, 2.24) is 9.80 Å². The minimum atomic E-state index is -0.397. The van der Waals surface area contributed by atoms with Crippen molar-refractivity contribution in [2.45, 2.75) is 13.8 Å². The van der Waals surface area contributed by atoms with Crippen molar-refractivity contribution < 1.29 is 19.1 Å². The van der Waals surface area contributed by atoms with E-state index in [0.717, 1.165) is 11.1 Å². The third-order valence-corrected chi connectivity index (χ3v) is 6.05. The summed E-state index contributed by atoms with van der Waals surface area (Å²) in [4.78, 5) is 32.3. The van der Waals surface area contributed by atoms with Gasteiger partial charge in [0.25, 0.3) is 11.8 Å². The minimum absolute atomic E-state index is 0.0848. The maximum absolute atomic E-state index is 13.5. The average molecular weight is 423 g/mol. The molecule has 2 heterocycles. The highest BCUT2D eigenvalue weighted by atomic mass is 19.1. The molecule has 2 aliphatic rings. The van der Waals surface area contributed by atoms with Crippen LogP contribution < -0.4 is 4.90 Å². The smallest absolute Gasteiger partial charge is 0.282 e. The summed E-state index contributed by atoms with van der Waals surface area (Å²) in [5.74, 6) is -1.15. The molecule has 2 amide bonds. The van der Waals surface area contributed by atoms with Crippen molar-refractivity contribution in [3.8, 4) is 0 Å². The number of aliphatic hydroxyl groups excluding tert-OH is 1. The van der Waals surface area contributed by atoms with Crippen molar-refractivity contribution in [2.24, 2.45) is 0 Å². The number of aliphatic hydroxyl groups is 1. The lowest BCUT2D eigenvalue weighted by Crippen LogP contribution is -2.48.